The zero-order valence-electron chi connectivity index (χ0n) is 14.5. The minimum atomic E-state index is -0.592. The van der Waals surface area contributed by atoms with Crippen molar-refractivity contribution >= 4 is 29.3 Å². The van der Waals surface area contributed by atoms with Crippen LogP contribution in [0.4, 0.5) is 5.69 Å². The summed E-state index contributed by atoms with van der Waals surface area (Å²) in [6, 6.07) is 7.48. The third-order valence-corrected chi connectivity index (χ3v) is 5.52. The Morgan fingerprint density at radius 3 is 2.71 bits per heavy atom. The van der Waals surface area contributed by atoms with E-state index in [0.717, 1.165) is 4.91 Å². The Labute approximate surface area is 163 Å². The lowest BCUT2D eigenvalue weighted by molar-refractivity contribution is -0.384. The number of β-lactam (4-membered cyclic amide) rings is 1. The second kappa shape index (κ2) is 7.39. The first-order valence-corrected chi connectivity index (χ1v) is 9.24. The Morgan fingerprint density at radius 2 is 2.07 bits per heavy atom. The molecule has 0 aliphatic carbocycles. The van der Waals surface area contributed by atoms with E-state index in [2.05, 4.69) is 9.97 Å². The number of ether oxygens (including phenoxy) is 1. The fourth-order valence-electron chi connectivity index (χ4n) is 3.10. The molecule has 3 heterocycles. The maximum atomic E-state index is 12.7. The van der Waals surface area contributed by atoms with Gasteiger partial charge in [0.25, 0.3) is 5.69 Å². The zero-order valence-corrected chi connectivity index (χ0v) is 15.3. The summed E-state index contributed by atoms with van der Waals surface area (Å²) in [5.41, 5.74) is 0.840. The van der Waals surface area contributed by atoms with Gasteiger partial charge in [0.1, 0.15) is 23.7 Å². The van der Waals surface area contributed by atoms with Gasteiger partial charge in [-0.1, -0.05) is 11.8 Å². The van der Waals surface area contributed by atoms with E-state index in [0.29, 0.717) is 23.4 Å². The van der Waals surface area contributed by atoms with Crippen molar-refractivity contribution in [3.8, 4) is 0 Å². The lowest BCUT2D eigenvalue weighted by Crippen LogP contribution is -2.49. The molecule has 0 N–H and O–H groups in total. The van der Waals surface area contributed by atoms with Crippen LogP contribution in [0.5, 0.6) is 0 Å². The summed E-state index contributed by atoms with van der Waals surface area (Å²) in [6.07, 6.45) is 4.03. The van der Waals surface area contributed by atoms with E-state index in [1.165, 1.54) is 47.3 Å². The molecule has 2 aliphatic rings. The van der Waals surface area contributed by atoms with Crippen LogP contribution in [0.1, 0.15) is 18.4 Å². The number of hydrogen-bond acceptors (Lipinski definition) is 8. The van der Waals surface area contributed by atoms with Gasteiger partial charge in [0.05, 0.1) is 11.0 Å². The second-order valence-electron chi connectivity index (χ2n) is 6.25. The summed E-state index contributed by atoms with van der Waals surface area (Å²) in [7, 11) is 0. The number of nitro groups is 1. The topological polar surface area (TPSA) is 116 Å². The van der Waals surface area contributed by atoms with Gasteiger partial charge < -0.3 is 9.64 Å². The van der Waals surface area contributed by atoms with E-state index in [1.54, 1.807) is 12.3 Å². The number of nitrogens with zero attached hydrogens (tertiary/aromatic N) is 4. The summed E-state index contributed by atoms with van der Waals surface area (Å²) in [5.74, 6) is -0.698. The van der Waals surface area contributed by atoms with Crippen LogP contribution in [0.15, 0.2) is 58.5 Å². The first-order chi connectivity index (χ1) is 13.5. The first kappa shape index (κ1) is 18.1. The van der Waals surface area contributed by atoms with Crippen molar-refractivity contribution in [3.63, 3.8) is 0 Å². The highest BCUT2D eigenvalue weighted by atomic mass is 32.2. The van der Waals surface area contributed by atoms with Gasteiger partial charge in [0.15, 0.2) is 0 Å². The SMILES string of the molecule is O=C(OCc1ccc([N+](=O)[O-])cc1)C1=C(Sc2ccncn2)CC2CC(=O)N12. The minimum Gasteiger partial charge on any atom is -0.456 e. The molecule has 1 unspecified atom stereocenters. The van der Waals surface area contributed by atoms with E-state index in [1.807, 2.05) is 0 Å². The Kier molecular flexibility index (Phi) is 4.78. The van der Waals surface area contributed by atoms with Crippen LogP contribution in [-0.2, 0) is 20.9 Å². The highest BCUT2D eigenvalue weighted by Crippen LogP contribution is 2.45. The normalized spacial score (nSPS) is 17.9. The first-order valence-electron chi connectivity index (χ1n) is 8.42. The molecule has 1 amide bonds. The molecule has 4 rings (SSSR count). The molecule has 10 heteroatoms. The molecular formula is C18H14N4O5S. The second-order valence-corrected chi connectivity index (χ2v) is 7.36. The molecule has 0 spiro atoms. The Bertz CT molecular complexity index is 977. The number of amides is 1. The van der Waals surface area contributed by atoms with Gasteiger partial charge in [-0.25, -0.2) is 14.8 Å². The number of rotatable bonds is 6. The maximum Gasteiger partial charge on any atom is 0.356 e. The van der Waals surface area contributed by atoms with Crippen LogP contribution in [0.25, 0.3) is 0 Å². The van der Waals surface area contributed by atoms with E-state index >= 15 is 0 Å². The van der Waals surface area contributed by atoms with Crippen molar-refractivity contribution in [1.29, 1.82) is 0 Å². The molecule has 0 saturated carbocycles. The molecule has 1 aromatic carbocycles. The number of carbonyl (C=O) groups is 2. The molecule has 0 radical (unpaired) electrons. The van der Waals surface area contributed by atoms with Gasteiger partial charge in [0.2, 0.25) is 5.91 Å². The van der Waals surface area contributed by atoms with Crippen molar-refractivity contribution in [2.45, 2.75) is 30.5 Å². The number of carbonyl (C=O) groups excluding carboxylic acids is 2. The van der Waals surface area contributed by atoms with Crippen molar-refractivity contribution in [2.75, 3.05) is 0 Å². The maximum absolute atomic E-state index is 12.7. The number of aromatic nitrogens is 2. The van der Waals surface area contributed by atoms with Crippen LogP contribution in [0, 0.1) is 10.1 Å². The summed E-state index contributed by atoms with van der Waals surface area (Å²) < 4.78 is 5.37. The molecule has 28 heavy (non-hydrogen) atoms. The van der Waals surface area contributed by atoms with Crippen molar-refractivity contribution < 1.29 is 19.2 Å². The monoisotopic (exact) mass is 398 g/mol. The molecule has 9 nitrogen and oxygen atoms in total. The lowest BCUT2D eigenvalue weighted by atomic mass is 10.0. The van der Waals surface area contributed by atoms with Crippen molar-refractivity contribution in [2.24, 2.45) is 0 Å². The van der Waals surface area contributed by atoms with Crippen LogP contribution in [0.2, 0.25) is 0 Å². The van der Waals surface area contributed by atoms with Crippen LogP contribution >= 0.6 is 11.8 Å². The fourth-order valence-corrected chi connectivity index (χ4v) is 4.13. The molecule has 142 valence electrons. The van der Waals surface area contributed by atoms with Crippen LogP contribution in [-0.4, -0.2) is 37.7 Å². The van der Waals surface area contributed by atoms with E-state index < -0.39 is 10.9 Å². The van der Waals surface area contributed by atoms with Crippen LogP contribution < -0.4 is 0 Å². The summed E-state index contributed by atoms with van der Waals surface area (Å²) in [4.78, 5) is 45.1. The molecule has 1 saturated heterocycles. The molecule has 2 aromatic rings. The quantitative estimate of drug-likeness (QED) is 0.240. The van der Waals surface area contributed by atoms with Crippen LogP contribution in [0.3, 0.4) is 0 Å². The summed E-state index contributed by atoms with van der Waals surface area (Å²) in [6.45, 7) is -0.0432. The van der Waals surface area contributed by atoms with Crippen molar-refractivity contribution in [3.05, 3.63) is 69.1 Å². The molecular weight excluding hydrogens is 384 g/mol. The van der Waals surface area contributed by atoms with Gasteiger partial charge in [-0.3, -0.25) is 14.9 Å². The highest BCUT2D eigenvalue weighted by Gasteiger charge is 2.48. The third kappa shape index (κ3) is 3.46. The lowest BCUT2D eigenvalue weighted by Gasteiger charge is -2.35. The van der Waals surface area contributed by atoms with Gasteiger partial charge in [-0.15, -0.1) is 0 Å². The fraction of sp³-hybridized carbons (Fsp3) is 0.222. The summed E-state index contributed by atoms with van der Waals surface area (Å²) >= 11 is 1.32. The predicted molar refractivity (Wildman–Crippen MR) is 97.7 cm³/mol. The highest BCUT2D eigenvalue weighted by molar-refractivity contribution is 8.03. The third-order valence-electron chi connectivity index (χ3n) is 4.46. The number of non-ortho nitro benzene ring substituents is 1. The molecule has 0 bridgehead atoms. The Balaban J connectivity index is 1.50. The molecule has 1 fully saturated rings. The van der Waals surface area contributed by atoms with Crippen molar-refractivity contribution in [1.82, 2.24) is 14.9 Å². The van der Waals surface area contributed by atoms with Gasteiger partial charge >= 0.3 is 5.97 Å². The predicted octanol–water partition coefficient (Wildman–Crippen LogP) is 2.44. The smallest absolute Gasteiger partial charge is 0.356 e. The summed E-state index contributed by atoms with van der Waals surface area (Å²) in [5, 5.41) is 11.4. The van der Waals surface area contributed by atoms with E-state index in [4.69, 9.17) is 4.74 Å². The number of esters is 1. The zero-order chi connectivity index (χ0) is 19.7. The average Bonchev–Trinajstić information content (AvgIpc) is 2.99. The molecule has 2 aliphatic heterocycles. The van der Waals surface area contributed by atoms with E-state index in [-0.39, 0.29) is 29.9 Å². The van der Waals surface area contributed by atoms with Gasteiger partial charge in [-0.05, 0) is 23.8 Å². The largest absolute Gasteiger partial charge is 0.456 e. The molecule has 1 aromatic heterocycles. The number of hydrogen-bond donors (Lipinski definition) is 0. The average molecular weight is 398 g/mol. The van der Waals surface area contributed by atoms with Gasteiger partial charge in [0, 0.05) is 36.1 Å². The number of fused-ring (bicyclic) bond motifs is 1. The number of benzene rings is 1. The Hall–Kier alpha value is -3.27. The minimum absolute atomic E-state index is 0.0150. The number of thioether (sulfide) groups is 1. The van der Waals surface area contributed by atoms with E-state index in [9.17, 15) is 19.7 Å². The van der Waals surface area contributed by atoms with Gasteiger partial charge in [-0.2, -0.15) is 0 Å². The number of nitro benzene ring substituents is 1. The standard InChI is InChI=1S/C18H14N4O5S/c23-16-8-13-7-14(28-15-5-6-19-10-20-15)17(21(13)16)18(24)27-9-11-1-3-12(4-2-11)22(25)26/h1-6,10,13H,7-9H2. The Morgan fingerprint density at radius 1 is 1.29 bits per heavy atom. The molecule has 1 atom stereocenters.